The van der Waals surface area contributed by atoms with E-state index in [0.717, 1.165) is 31.3 Å². The summed E-state index contributed by atoms with van der Waals surface area (Å²) >= 11 is 0. The summed E-state index contributed by atoms with van der Waals surface area (Å²) in [7, 11) is 0. The molecule has 1 N–H and O–H groups in total. The average molecular weight is 308 g/mol. The molecule has 1 amide bonds. The van der Waals surface area contributed by atoms with Crippen molar-refractivity contribution in [2.75, 3.05) is 6.54 Å². The summed E-state index contributed by atoms with van der Waals surface area (Å²) in [5.74, 6) is 0.696. The molecule has 4 heteroatoms. The van der Waals surface area contributed by atoms with Crippen LogP contribution >= 0.6 is 0 Å². The number of carbonyl (C=O) groups is 1. The molecule has 0 saturated carbocycles. The Balaban J connectivity index is 1.38. The Bertz CT molecular complexity index is 792. The zero-order chi connectivity index (χ0) is 15.4. The van der Waals surface area contributed by atoms with Crippen molar-refractivity contribution < 1.29 is 9.53 Å². The number of nitrogens with one attached hydrogen (secondary N) is 1. The Morgan fingerprint density at radius 1 is 1.30 bits per heavy atom. The molecule has 0 spiro atoms. The monoisotopic (exact) mass is 308 g/mol. The van der Waals surface area contributed by atoms with Gasteiger partial charge < -0.3 is 14.6 Å². The minimum atomic E-state index is -0.0149. The Morgan fingerprint density at radius 2 is 2.22 bits per heavy atom. The highest BCUT2D eigenvalue weighted by atomic mass is 16.5. The van der Waals surface area contributed by atoms with Crippen molar-refractivity contribution in [2.24, 2.45) is 11.8 Å². The van der Waals surface area contributed by atoms with Crippen molar-refractivity contribution >= 4 is 16.8 Å². The van der Waals surface area contributed by atoms with Gasteiger partial charge in [-0.1, -0.05) is 30.4 Å². The van der Waals surface area contributed by atoms with Crippen LogP contribution in [-0.4, -0.2) is 34.7 Å². The smallest absolute Gasteiger partial charge is 0.231 e. The summed E-state index contributed by atoms with van der Waals surface area (Å²) < 4.78 is 6.14. The summed E-state index contributed by atoms with van der Waals surface area (Å²) in [5, 5.41) is 1.25. The standard InChI is InChI=1S/C19H20N2O2/c22-19-14-5-3-7-17-15(14)10-18(23-17)21(19)9-8-12-11-20-16-6-2-1-4-13(12)16/h1-6,11,14-15,17-18,20H,7-10H2/t14-,15-,17+,18+/m0/s1. The third-order valence-electron chi connectivity index (χ3n) is 5.67. The number of hydrogen-bond acceptors (Lipinski definition) is 2. The van der Waals surface area contributed by atoms with Crippen molar-refractivity contribution in [2.45, 2.75) is 31.6 Å². The SMILES string of the molecule is O=C1[C@H]2C=CC[C@H]3O[C@H](C[C@@H]23)N1CCc1c[nH]c2ccccc12. The first-order chi connectivity index (χ1) is 11.3. The summed E-state index contributed by atoms with van der Waals surface area (Å²) in [6, 6.07) is 8.32. The van der Waals surface area contributed by atoms with E-state index in [1.807, 2.05) is 11.0 Å². The third kappa shape index (κ3) is 1.98. The number of benzene rings is 1. The predicted octanol–water partition coefficient (Wildman–Crippen LogP) is 2.86. The van der Waals surface area contributed by atoms with Gasteiger partial charge in [-0.25, -0.2) is 0 Å². The number of para-hydroxylation sites is 1. The second-order valence-corrected chi connectivity index (χ2v) is 6.86. The molecule has 2 bridgehead atoms. The molecule has 23 heavy (non-hydrogen) atoms. The zero-order valence-corrected chi connectivity index (χ0v) is 12.9. The maximum absolute atomic E-state index is 12.8. The van der Waals surface area contributed by atoms with Gasteiger partial charge in [0.1, 0.15) is 6.23 Å². The molecule has 4 atom stereocenters. The summed E-state index contributed by atoms with van der Waals surface area (Å²) in [6.07, 6.45) is 9.34. The molecule has 3 aliphatic rings. The van der Waals surface area contributed by atoms with Crippen LogP contribution in [0.2, 0.25) is 0 Å². The zero-order valence-electron chi connectivity index (χ0n) is 12.9. The molecule has 2 saturated heterocycles. The van der Waals surface area contributed by atoms with E-state index in [2.05, 4.69) is 41.5 Å². The number of amides is 1. The molecular formula is C19H20N2O2. The minimum Gasteiger partial charge on any atom is -0.361 e. The number of carbonyl (C=O) groups excluding carboxylic acids is 1. The first kappa shape index (κ1) is 13.4. The molecule has 1 aromatic carbocycles. The van der Waals surface area contributed by atoms with Gasteiger partial charge in [0, 0.05) is 29.6 Å². The molecular weight excluding hydrogens is 288 g/mol. The molecule has 2 aromatic rings. The van der Waals surface area contributed by atoms with E-state index < -0.39 is 0 Å². The van der Waals surface area contributed by atoms with E-state index in [4.69, 9.17) is 4.74 Å². The van der Waals surface area contributed by atoms with Gasteiger partial charge in [-0.3, -0.25) is 4.79 Å². The molecule has 2 fully saturated rings. The minimum absolute atomic E-state index is 0.0149. The Labute approximate surface area is 135 Å². The van der Waals surface area contributed by atoms with Crippen LogP contribution in [0.1, 0.15) is 18.4 Å². The van der Waals surface area contributed by atoms with Gasteiger partial charge in [-0.2, -0.15) is 0 Å². The molecule has 0 unspecified atom stereocenters. The van der Waals surface area contributed by atoms with Crippen LogP contribution in [-0.2, 0) is 16.0 Å². The van der Waals surface area contributed by atoms with E-state index in [1.54, 1.807) is 0 Å². The van der Waals surface area contributed by atoms with E-state index in [0.29, 0.717) is 5.92 Å². The fourth-order valence-electron chi connectivity index (χ4n) is 4.49. The number of aromatic amines is 1. The van der Waals surface area contributed by atoms with E-state index in [1.165, 1.54) is 10.9 Å². The predicted molar refractivity (Wildman–Crippen MR) is 87.7 cm³/mol. The Kier molecular flexibility index (Phi) is 2.89. The van der Waals surface area contributed by atoms with Crippen LogP contribution in [0.15, 0.2) is 42.6 Å². The van der Waals surface area contributed by atoms with Gasteiger partial charge >= 0.3 is 0 Å². The third-order valence-corrected chi connectivity index (χ3v) is 5.67. The number of rotatable bonds is 3. The average Bonchev–Trinajstić information content (AvgIpc) is 3.17. The molecule has 3 heterocycles. The Morgan fingerprint density at radius 3 is 3.17 bits per heavy atom. The van der Waals surface area contributed by atoms with Crippen LogP contribution in [0.25, 0.3) is 10.9 Å². The molecule has 1 aromatic heterocycles. The van der Waals surface area contributed by atoms with Crippen molar-refractivity contribution in [3.8, 4) is 0 Å². The van der Waals surface area contributed by atoms with Crippen molar-refractivity contribution in [1.29, 1.82) is 0 Å². The van der Waals surface area contributed by atoms with E-state index in [9.17, 15) is 4.79 Å². The molecule has 0 radical (unpaired) electrons. The summed E-state index contributed by atoms with van der Waals surface area (Å²) in [5.41, 5.74) is 2.43. The number of ether oxygens (including phenoxy) is 1. The van der Waals surface area contributed by atoms with E-state index in [-0.39, 0.29) is 24.2 Å². The number of nitrogens with zero attached hydrogens (tertiary/aromatic N) is 1. The first-order valence-corrected chi connectivity index (χ1v) is 8.49. The number of likely N-dealkylation sites (tertiary alicyclic amines) is 1. The van der Waals surface area contributed by atoms with Crippen LogP contribution in [0.3, 0.4) is 0 Å². The summed E-state index contributed by atoms with van der Waals surface area (Å²) in [4.78, 5) is 18.1. The van der Waals surface area contributed by atoms with Crippen LogP contribution in [0.4, 0.5) is 0 Å². The molecule has 2 aliphatic heterocycles. The van der Waals surface area contributed by atoms with Gasteiger partial charge in [0.25, 0.3) is 0 Å². The van der Waals surface area contributed by atoms with Crippen molar-refractivity contribution in [1.82, 2.24) is 9.88 Å². The molecule has 4 nitrogen and oxygen atoms in total. The molecule has 1 aliphatic carbocycles. The topological polar surface area (TPSA) is 45.3 Å². The van der Waals surface area contributed by atoms with Crippen molar-refractivity contribution in [3.05, 3.63) is 48.2 Å². The van der Waals surface area contributed by atoms with Gasteiger partial charge in [0.2, 0.25) is 5.91 Å². The Hall–Kier alpha value is -2.07. The van der Waals surface area contributed by atoms with Gasteiger partial charge in [0.15, 0.2) is 0 Å². The number of aromatic nitrogens is 1. The number of hydrogen-bond donors (Lipinski definition) is 1. The normalized spacial score (nSPS) is 32.0. The van der Waals surface area contributed by atoms with E-state index >= 15 is 0 Å². The van der Waals surface area contributed by atoms with Crippen molar-refractivity contribution in [3.63, 3.8) is 0 Å². The fraction of sp³-hybridized carbons (Fsp3) is 0.421. The summed E-state index contributed by atoms with van der Waals surface area (Å²) in [6.45, 7) is 0.731. The van der Waals surface area contributed by atoms with Gasteiger partial charge in [-0.05, 0) is 30.9 Å². The van der Waals surface area contributed by atoms with Crippen LogP contribution in [0, 0.1) is 11.8 Å². The quantitative estimate of drug-likeness (QED) is 0.886. The highest BCUT2D eigenvalue weighted by Gasteiger charge is 2.51. The second kappa shape index (κ2) is 4.96. The highest BCUT2D eigenvalue weighted by molar-refractivity contribution is 5.84. The second-order valence-electron chi connectivity index (χ2n) is 6.86. The first-order valence-electron chi connectivity index (χ1n) is 8.49. The lowest BCUT2D eigenvalue weighted by Gasteiger charge is -2.36. The maximum Gasteiger partial charge on any atom is 0.231 e. The van der Waals surface area contributed by atoms with Crippen LogP contribution < -0.4 is 0 Å². The number of fused-ring (bicyclic) bond motifs is 2. The lowest BCUT2D eigenvalue weighted by molar-refractivity contribution is -0.147. The molecule has 5 rings (SSSR count). The largest absolute Gasteiger partial charge is 0.361 e. The van der Waals surface area contributed by atoms with Crippen LogP contribution in [0.5, 0.6) is 0 Å². The number of H-pyrrole nitrogens is 1. The lowest BCUT2D eigenvalue weighted by Crippen LogP contribution is -2.48. The maximum atomic E-state index is 12.8. The fourth-order valence-corrected chi connectivity index (χ4v) is 4.49. The van der Waals surface area contributed by atoms with Gasteiger partial charge in [0.05, 0.1) is 12.0 Å². The highest BCUT2D eigenvalue weighted by Crippen LogP contribution is 2.44. The lowest BCUT2D eigenvalue weighted by atomic mass is 9.78. The molecule has 118 valence electrons. The number of piperidine rings is 1. The van der Waals surface area contributed by atoms with Gasteiger partial charge in [-0.15, -0.1) is 0 Å².